The molecule has 2 rings (SSSR count). The molecular weight excluding hydrogens is 268 g/mol. The van der Waals surface area contributed by atoms with Gasteiger partial charge in [-0.1, -0.05) is 29.8 Å². The van der Waals surface area contributed by atoms with Crippen LogP contribution in [0.2, 0.25) is 5.02 Å². The van der Waals surface area contributed by atoms with Crippen molar-refractivity contribution in [3.05, 3.63) is 53.1 Å². The Labute approximate surface area is 115 Å². The SMILES string of the molecule is CSc1ccccc1Oc1c(Cl)cccc1C=O. The molecule has 92 valence electrons. The summed E-state index contributed by atoms with van der Waals surface area (Å²) in [5.74, 6) is 1.09. The van der Waals surface area contributed by atoms with Crippen LogP contribution >= 0.6 is 23.4 Å². The second-order valence-corrected chi connectivity index (χ2v) is 4.78. The Morgan fingerprint density at radius 1 is 1.17 bits per heavy atom. The molecule has 2 aromatic carbocycles. The zero-order valence-electron chi connectivity index (χ0n) is 9.72. The summed E-state index contributed by atoms with van der Waals surface area (Å²) in [6.07, 6.45) is 2.71. The molecule has 0 aromatic heterocycles. The van der Waals surface area contributed by atoms with Crippen LogP contribution in [0, 0.1) is 0 Å². The second-order valence-electron chi connectivity index (χ2n) is 3.53. The van der Waals surface area contributed by atoms with E-state index in [-0.39, 0.29) is 0 Å². The highest BCUT2D eigenvalue weighted by molar-refractivity contribution is 7.98. The Balaban J connectivity index is 2.42. The van der Waals surface area contributed by atoms with Crippen LogP contribution in [-0.4, -0.2) is 12.5 Å². The van der Waals surface area contributed by atoms with Crippen molar-refractivity contribution in [2.45, 2.75) is 4.90 Å². The van der Waals surface area contributed by atoms with Gasteiger partial charge in [0.05, 0.1) is 10.6 Å². The van der Waals surface area contributed by atoms with E-state index in [9.17, 15) is 4.79 Å². The maximum atomic E-state index is 11.0. The Morgan fingerprint density at radius 3 is 2.67 bits per heavy atom. The van der Waals surface area contributed by atoms with E-state index in [1.54, 1.807) is 30.0 Å². The molecule has 2 nitrogen and oxygen atoms in total. The van der Waals surface area contributed by atoms with Crippen LogP contribution in [0.1, 0.15) is 10.4 Å². The number of carbonyl (C=O) groups is 1. The minimum Gasteiger partial charge on any atom is -0.454 e. The van der Waals surface area contributed by atoms with Crippen LogP contribution in [0.15, 0.2) is 47.4 Å². The molecule has 18 heavy (non-hydrogen) atoms. The summed E-state index contributed by atoms with van der Waals surface area (Å²) in [6, 6.07) is 12.7. The molecule has 0 heterocycles. The second kappa shape index (κ2) is 5.94. The van der Waals surface area contributed by atoms with Gasteiger partial charge in [0.1, 0.15) is 5.75 Å². The lowest BCUT2D eigenvalue weighted by molar-refractivity contribution is 0.112. The zero-order chi connectivity index (χ0) is 13.0. The van der Waals surface area contributed by atoms with Crippen LogP contribution in [0.25, 0.3) is 0 Å². The number of hydrogen-bond donors (Lipinski definition) is 0. The molecule has 0 aliphatic carbocycles. The average Bonchev–Trinajstić information content (AvgIpc) is 2.41. The van der Waals surface area contributed by atoms with Crippen molar-refractivity contribution in [1.82, 2.24) is 0 Å². The van der Waals surface area contributed by atoms with Crippen molar-refractivity contribution in [2.75, 3.05) is 6.26 Å². The summed E-state index contributed by atoms with van der Waals surface area (Å²) in [5.41, 5.74) is 0.443. The number of aldehydes is 1. The maximum absolute atomic E-state index is 11.0. The molecule has 0 aliphatic rings. The van der Waals surface area contributed by atoms with E-state index in [2.05, 4.69) is 0 Å². The topological polar surface area (TPSA) is 26.3 Å². The number of ether oxygens (including phenoxy) is 1. The molecule has 0 amide bonds. The van der Waals surface area contributed by atoms with E-state index in [4.69, 9.17) is 16.3 Å². The highest BCUT2D eigenvalue weighted by atomic mass is 35.5. The van der Waals surface area contributed by atoms with Gasteiger partial charge in [0.15, 0.2) is 12.0 Å². The molecule has 0 radical (unpaired) electrons. The number of rotatable bonds is 4. The predicted octanol–water partition coefficient (Wildman–Crippen LogP) is 4.67. The molecule has 0 spiro atoms. The lowest BCUT2D eigenvalue weighted by Crippen LogP contribution is -1.92. The summed E-state index contributed by atoms with van der Waals surface area (Å²) in [4.78, 5) is 12.0. The van der Waals surface area contributed by atoms with Gasteiger partial charge in [-0.25, -0.2) is 0 Å². The van der Waals surface area contributed by atoms with Crippen LogP contribution in [-0.2, 0) is 0 Å². The third-order valence-corrected chi connectivity index (χ3v) is 3.48. The number of para-hydroxylation sites is 2. The number of carbonyl (C=O) groups excluding carboxylic acids is 1. The fourth-order valence-electron chi connectivity index (χ4n) is 1.54. The van der Waals surface area contributed by atoms with Crippen molar-refractivity contribution in [3.63, 3.8) is 0 Å². The molecule has 0 unspecified atom stereocenters. The van der Waals surface area contributed by atoms with Gasteiger partial charge in [-0.15, -0.1) is 11.8 Å². The first-order valence-corrected chi connectivity index (χ1v) is 6.91. The third kappa shape index (κ3) is 2.68. The Hall–Kier alpha value is -1.45. The maximum Gasteiger partial charge on any atom is 0.156 e. The number of thioether (sulfide) groups is 1. The lowest BCUT2D eigenvalue weighted by atomic mass is 10.2. The number of hydrogen-bond acceptors (Lipinski definition) is 3. The molecule has 2 aromatic rings. The minimum absolute atomic E-state index is 0.399. The predicted molar refractivity (Wildman–Crippen MR) is 75.1 cm³/mol. The van der Waals surface area contributed by atoms with Crippen LogP contribution in [0.5, 0.6) is 11.5 Å². The van der Waals surface area contributed by atoms with Crippen LogP contribution < -0.4 is 4.74 Å². The van der Waals surface area contributed by atoms with E-state index >= 15 is 0 Å². The molecule has 0 N–H and O–H groups in total. The van der Waals surface area contributed by atoms with E-state index in [0.717, 1.165) is 11.2 Å². The monoisotopic (exact) mass is 278 g/mol. The van der Waals surface area contributed by atoms with Crippen molar-refractivity contribution in [1.29, 1.82) is 0 Å². The van der Waals surface area contributed by atoms with Crippen molar-refractivity contribution in [3.8, 4) is 11.5 Å². The molecule has 0 atom stereocenters. The first kappa shape index (κ1) is 13.0. The van der Waals surface area contributed by atoms with Gasteiger partial charge in [-0.05, 0) is 30.5 Å². The zero-order valence-corrected chi connectivity index (χ0v) is 11.3. The largest absolute Gasteiger partial charge is 0.454 e. The summed E-state index contributed by atoms with van der Waals surface area (Å²) >= 11 is 7.64. The van der Waals surface area contributed by atoms with Crippen molar-refractivity contribution >= 4 is 29.6 Å². The first-order chi connectivity index (χ1) is 8.76. The highest BCUT2D eigenvalue weighted by Gasteiger charge is 2.11. The quantitative estimate of drug-likeness (QED) is 0.601. The standard InChI is InChI=1S/C14H11ClO2S/c1-18-13-8-3-2-7-12(13)17-14-10(9-16)5-4-6-11(14)15/h2-9H,1H3. The molecule has 4 heteroatoms. The molecule has 0 saturated heterocycles. The van der Waals surface area contributed by atoms with Gasteiger partial charge >= 0.3 is 0 Å². The summed E-state index contributed by atoms with van der Waals surface area (Å²) < 4.78 is 5.77. The van der Waals surface area contributed by atoms with Gasteiger partial charge in [0.2, 0.25) is 0 Å². The number of benzene rings is 2. The molecule has 0 aliphatic heterocycles. The minimum atomic E-state index is 0.399. The molecular formula is C14H11ClO2S. The van der Waals surface area contributed by atoms with Gasteiger partial charge in [0, 0.05) is 4.90 Å². The van der Waals surface area contributed by atoms with Gasteiger partial charge in [-0.2, -0.15) is 0 Å². The van der Waals surface area contributed by atoms with Gasteiger partial charge in [-0.3, -0.25) is 4.79 Å². The molecule has 0 fully saturated rings. The fraction of sp³-hybridized carbons (Fsp3) is 0.0714. The summed E-state index contributed by atoms with van der Waals surface area (Å²) in [7, 11) is 0. The van der Waals surface area contributed by atoms with Crippen molar-refractivity contribution in [2.24, 2.45) is 0 Å². The van der Waals surface area contributed by atoms with Crippen LogP contribution in [0.3, 0.4) is 0 Å². The molecule has 0 saturated carbocycles. The normalized spacial score (nSPS) is 10.1. The fourth-order valence-corrected chi connectivity index (χ4v) is 2.29. The summed E-state index contributed by atoms with van der Waals surface area (Å²) in [6.45, 7) is 0. The van der Waals surface area contributed by atoms with E-state index in [1.165, 1.54) is 0 Å². The van der Waals surface area contributed by atoms with Crippen LogP contribution in [0.4, 0.5) is 0 Å². The first-order valence-electron chi connectivity index (χ1n) is 5.31. The lowest BCUT2D eigenvalue weighted by Gasteiger charge is -2.12. The Morgan fingerprint density at radius 2 is 1.94 bits per heavy atom. The third-order valence-electron chi connectivity index (χ3n) is 2.41. The van der Waals surface area contributed by atoms with E-state index < -0.39 is 0 Å². The Bertz CT molecular complexity index is 569. The van der Waals surface area contributed by atoms with Crippen molar-refractivity contribution < 1.29 is 9.53 Å². The number of halogens is 1. The van der Waals surface area contributed by atoms with Gasteiger partial charge in [0.25, 0.3) is 0 Å². The molecule has 0 bridgehead atoms. The van der Waals surface area contributed by atoms with E-state index in [0.29, 0.717) is 22.1 Å². The smallest absolute Gasteiger partial charge is 0.156 e. The Kier molecular flexibility index (Phi) is 4.28. The van der Waals surface area contributed by atoms with E-state index in [1.807, 2.05) is 30.5 Å². The highest BCUT2D eigenvalue weighted by Crippen LogP contribution is 2.36. The average molecular weight is 279 g/mol. The summed E-state index contributed by atoms with van der Waals surface area (Å²) in [5, 5.41) is 0.426. The van der Waals surface area contributed by atoms with Gasteiger partial charge < -0.3 is 4.74 Å².